The minimum absolute atomic E-state index is 0.216. The van der Waals surface area contributed by atoms with Crippen LogP contribution in [0.2, 0.25) is 5.02 Å². The maximum absolute atomic E-state index is 12.7. The number of carbonyl (C=O) groups is 4. The van der Waals surface area contributed by atoms with Crippen LogP contribution in [0.3, 0.4) is 0 Å². The topological polar surface area (TPSA) is 108 Å². The molecular weight excluding hydrogens is 408 g/mol. The summed E-state index contributed by atoms with van der Waals surface area (Å²) in [6.07, 6.45) is 0.538. The lowest BCUT2D eigenvalue weighted by molar-refractivity contribution is -0.136. The predicted octanol–water partition coefficient (Wildman–Crippen LogP) is 2.42. The molecule has 154 valence electrons. The minimum atomic E-state index is -0.646. The Kier molecular flexibility index (Phi) is 5.41. The second-order valence-electron chi connectivity index (χ2n) is 7.21. The number of benzene rings is 2. The summed E-state index contributed by atoms with van der Waals surface area (Å²) in [5.74, 6) is -0.977. The second-order valence-corrected chi connectivity index (χ2v) is 7.65. The van der Waals surface area contributed by atoms with Crippen molar-refractivity contribution in [1.82, 2.24) is 15.5 Å². The maximum atomic E-state index is 12.7. The lowest BCUT2D eigenvalue weighted by atomic mass is 10.0. The van der Waals surface area contributed by atoms with E-state index in [1.807, 2.05) is 6.07 Å². The highest BCUT2D eigenvalue weighted by molar-refractivity contribution is 6.30. The second kappa shape index (κ2) is 8.16. The molecule has 0 bridgehead atoms. The number of carbonyl (C=O) groups excluding carboxylic acids is 4. The van der Waals surface area contributed by atoms with E-state index in [9.17, 15) is 19.2 Å². The number of anilines is 1. The van der Waals surface area contributed by atoms with E-state index in [2.05, 4.69) is 16.0 Å². The monoisotopic (exact) mass is 426 g/mol. The van der Waals surface area contributed by atoms with Gasteiger partial charge in [-0.25, -0.2) is 4.79 Å². The van der Waals surface area contributed by atoms with Crippen LogP contribution in [0.25, 0.3) is 0 Å². The normalized spacial score (nSPS) is 18.1. The number of hydrogen-bond acceptors (Lipinski definition) is 4. The molecule has 1 saturated heterocycles. The van der Waals surface area contributed by atoms with E-state index in [0.717, 1.165) is 11.1 Å². The van der Waals surface area contributed by atoms with E-state index < -0.39 is 11.9 Å². The Morgan fingerprint density at radius 1 is 1.17 bits per heavy atom. The van der Waals surface area contributed by atoms with Crippen molar-refractivity contribution in [3.8, 4) is 0 Å². The zero-order chi connectivity index (χ0) is 21.3. The van der Waals surface area contributed by atoms with Crippen molar-refractivity contribution >= 4 is 41.0 Å². The Bertz CT molecular complexity index is 1060. The zero-order valence-electron chi connectivity index (χ0n) is 15.9. The standard InChI is InChI=1S/C21H19ClN4O4/c22-14-2-1-3-15(9-14)24-21(30)23-10-12-4-5-16-13(8-12)11-26(20(16)29)17-6-7-18(27)25-19(17)28/h1-5,8-9,17H,6-7,10-11H2,(H2,23,24,30)(H,25,27,28). The Hall–Kier alpha value is -3.39. The first kappa shape index (κ1) is 19.9. The number of urea groups is 1. The van der Waals surface area contributed by atoms with Gasteiger partial charge in [0, 0.05) is 35.8 Å². The largest absolute Gasteiger partial charge is 0.334 e. The summed E-state index contributed by atoms with van der Waals surface area (Å²) in [4.78, 5) is 49.8. The Balaban J connectivity index is 1.38. The summed E-state index contributed by atoms with van der Waals surface area (Å²) >= 11 is 5.91. The third-order valence-electron chi connectivity index (χ3n) is 5.12. The highest BCUT2D eigenvalue weighted by Crippen LogP contribution is 2.28. The molecule has 0 saturated carbocycles. The molecule has 2 aliphatic heterocycles. The molecule has 0 spiro atoms. The van der Waals surface area contributed by atoms with Crippen molar-refractivity contribution in [3.05, 3.63) is 64.2 Å². The Morgan fingerprint density at radius 3 is 2.77 bits per heavy atom. The molecule has 9 heteroatoms. The quantitative estimate of drug-likeness (QED) is 0.652. The average Bonchev–Trinajstić information content (AvgIpc) is 3.02. The number of nitrogens with one attached hydrogen (secondary N) is 3. The number of amides is 5. The fourth-order valence-electron chi connectivity index (χ4n) is 3.66. The van der Waals surface area contributed by atoms with Crippen LogP contribution in [-0.2, 0) is 22.7 Å². The summed E-state index contributed by atoms with van der Waals surface area (Å²) in [6, 6.07) is 11.1. The van der Waals surface area contributed by atoms with E-state index in [-0.39, 0.29) is 30.8 Å². The molecule has 1 unspecified atom stereocenters. The van der Waals surface area contributed by atoms with Gasteiger partial charge in [0.25, 0.3) is 5.91 Å². The number of nitrogens with zero attached hydrogens (tertiary/aromatic N) is 1. The third kappa shape index (κ3) is 4.13. The number of fused-ring (bicyclic) bond motifs is 1. The minimum Gasteiger partial charge on any atom is -0.334 e. The molecule has 2 aromatic rings. The van der Waals surface area contributed by atoms with E-state index in [4.69, 9.17) is 11.6 Å². The molecule has 5 amide bonds. The molecule has 2 aromatic carbocycles. The lowest BCUT2D eigenvalue weighted by Crippen LogP contribution is -2.52. The molecule has 1 atom stereocenters. The predicted molar refractivity (Wildman–Crippen MR) is 110 cm³/mol. The van der Waals surface area contributed by atoms with Gasteiger partial charge in [-0.3, -0.25) is 19.7 Å². The van der Waals surface area contributed by atoms with Crippen molar-refractivity contribution in [2.45, 2.75) is 32.0 Å². The van der Waals surface area contributed by atoms with Crippen molar-refractivity contribution in [3.63, 3.8) is 0 Å². The van der Waals surface area contributed by atoms with Gasteiger partial charge >= 0.3 is 6.03 Å². The van der Waals surface area contributed by atoms with Gasteiger partial charge < -0.3 is 15.5 Å². The summed E-state index contributed by atoms with van der Waals surface area (Å²) in [6.45, 7) is 0.565. The molecular formula is C21H19ClN4O4. The number of halogens is 1. The van der Waals surface area contributed by atoms with Gasteiger partial charge in [0.2, 0.25) is 11.8 Å². The molecule has 2 aliphatic rings. The van der Waals surface area contributed by atoms with Crippen LogP contribution in [0.1, 0.15) is 34.3 Å². The SMILES string of the molecule is O=C1CCC(N2Cc3cc(CNC(=O)Nc4cccc(Cl)c4)ccc3C2=O)C(=O)N1. The van der Waals surface area contributed by atoms with Gasteiger partial charge in [-0.2, -0.15) is 0 Å². The summed E-state index contributed by atoms with van der Waals surface area (Å²) in [5, 5.41) is 8.28. The first-order chi connectivity index (χ1) is 14.4. The maximum Gasteiger partial charge on any atom is 0.319 e. The van der Waals surface area contributed by atoms with Crippen LogP contribution in [-0.4, -0.2) is 34.7 Å². The molecule has 2 heterocycles. The van der Waals surface area contributed by atoms with E-state index in [1.165, 1.54) is 4.90 Å². The Labute approximate surface area is 177 Å². The number of rotatable bonds is 4. The zero-order valence-corrected chi connectivity index (χ0v) is 16.7. The summed E-state index contributed by atoms with van der Waals surface area (Å²) < 4.78 is 0. The molecule has 4 rings (SSSR count). The molecule has 8 nitrogen and oxygen atoms in total. The van der Waals surface area contributed by atoms with E-state index in [0.29, 0.717) is 29.2 Å². The highest BCUT2D eigenvalue weighted by atomic mass is 35.5. The van der Waals surface area contributed by atoms with Crippen molar-refractivity contribution in [2.75, 3.05) is 5.32 Å². The third-order valence-corrected chi connectivity index (χ3v) is 5.36. The van der Waals surface area contributed by atoms with Gasteiger partial charge in [-0.05, 0) is 41.8 Å². The molecule has 0 radical (unpaired) electrons. The van der Waals surface area contributed by atoms with E-state index >= 15 is 0 Å². The van der Waals surface area contributed by atoms with Crippen LogP contribution in [0.4, 0.5) is 10.5 Å². The number of hydrogen-bond donors (Lipinski definition) is 3. The fourth-order valence-corrected chi connectivity index (χ4v) is 3.85. The molecule has 1 fully saturated rings. The van der Waals surface area contributed by atoms with Crippen molar-refractivity contribution < 1.29 is 19.2 Å². The Morgan fingerprint density at radius 2 is 2.00 bits per heavy atom. The molecule has 0 aromatic heterocycles. The van der Waals surface area contributed by atoms with Crippen LogP contribution in [0.5, 0.6) is 0 Å². The average molecular weight is 427 g/mol. The van der Waals surface area contributed by atoms with Crippen LogP contribution in [0.15, 0.2) is 42.5 Å². The van der Waals surface area contributed by atoms with Gasteiger partial charge in [0.15, 0.2) is 0 Å². The van der Waals surface area contributed by atoms with Crippen molar-refractivity contribution in [1.29, 1.82) is 0 Å². The van der Waals surface area contributed by atoms with Crippen LogP contribution in [0, 0.1) is 0 Å². The van der Waals surface area contributed by atoms with Gasteiger partial charge in [-0.1, -0.05) is 29.8 Å². The number of piperidine rings is 1. The smallest absolute Gasteiger partial charge is 0.319 e. The molecule has 30 heavy (non-hydrogen) atoms. The fraction of sp³-hybridized carbons (Fsp3) is 0.238. The number of imide groups is 1. The van der Waals surface area contributed by atoms with Gasteiger partial charge in [0.05, 0.1) is 0 Å². The first-order valence-corrected chi connectivity index (χ1v) is 9.85. The molecule has 0 aliphatic carbocycles. The van der Waals surface area contributed by atoms with Gasteiger partial charge in [0.1, 0.15) is 6.04 Å². The summed E-state index contributed by atoms with van der Waals surface area (Å²) in [7, 11) is 0. The summed E-state index contributed by atoms with van der Waals surface area (Å²) in [5.41, 5.74) is 2.73. The highest BCUT2D eigenvalue weighted by Gasteiger charge is 2.39. The van der Waals surface area contributed by atoms with Gasteiger partial charge in [-0.15, -0.1) is 0 Å². The van der Waals surface area contributed by atoms with E-state index in [1.54, 1.807) is 36.4 Å². The molecule has 3 N–H and O–H groups in total. The first-order valence-electron chi connectivity index (χ1n) is 9.47. The van der Waals surface area contributed by atoms with Crippen molar-refractivity contribution in [2.24, 2.45) is 0 Å². The lowest BCUT2D eigenvalue weighted by Gasteiger charge is -2.29. The van der Waals surface area contributed by atoms with Crippen LogP contribution >= 0.6 is 11.6 Å². The van der Waals surface area contributed by atoms with Crippen LogP contribution < -0.4 is 16.0 Å².